The van der Waals surface area contributed by atoms with Gasteiger partial charge in [0.1, 0.15) is 11.7 Å². The van der Waals surface area contributed by atoms with Gasteiger partial charge in [-0.05, 0) is 31.0 Å². The molecule has 0 aliphatic heterocycles. The van der Waals surface area contributed by atoms with Crippen molar-refractivity contribution >= 4 is 23.3 Å². The lowest BCUT2D eigenvalue weighted by molar-refractivity contribution is 0.0933. The quantitative estimate of drug-likeness (QED) is 0.346. The molecule has 108 valence electrons. The SMILES string of the molecule is N/C(=N/O)C1CCCC1NC(=O)c1ccc(F)c(Cl)c1. The Morgan fingerprint density at radius 1 is 1.50 bits per heavy atom. The van der Waals surface area contributed by atoms with E-state index >= 15 is 0 Å². The zero-order chi connectivity index (χ0) is 14.7. The average Bonchev–Trinajstić information content (AvgIpc) is 2.89. The highest BCUT2D eigenvalue weighted by atomic mass is 35.5. The highest BCUT2D eigenvalue weighted by Crippen LogP contribution is 2.26. The van der Waals surface area contributed by atoms with Gasteiger partial charge in [-0.1, -0.05) is 23.2 Å². The van der Waals surface area contributed by atoms with Gasteiger partial charge in [-0.3, -0.25) is 4.79 Å². The van der Waals surface area contributed by atoms with E-state index in [2.05, 4.69) is 10.5 Å². The smallest absolute Gasteiger partial charge is 0.251 e. The van der Waals surface area contributed by atoms with Crippen LogP contribution in [0, 0.1) is 11.7 Å². The van der Waals surface area contributed by atoms with Crippen molar-refractivity contribution in [2.24, 2.45) is 16.8 Å². The molecular formula is C13H15ClFN3O2. The minimum Gasteiger partial charge on any atom is -0.409 e. The Bertz CT molecular complexity index is 550. The Morgan fingerprint density at radius 3 is 2.90 bits per heavy atom. The summed E-state index contributed by atoms with van der Waals surface area (Å²) >= 11 is 5.65. The molecule has 0 heterocycles. The second-order valence-electron chi connectivity index (χ2n) is 4.77. The van der Waals surface area contributed by atoms with Crippen LogP contribution in [0.1, 0.15) is 29.6 Å². The van der Waals surface area contributed by atoms with Crippen molar-refractivity contribution in [3.63, 3.8) is 0 Å². The van der Waals surface area contributed by atoms with Gasteiger partial charge in [-0.25, -0.2) is 4.39 Å². The van der Waals surface area contributed by atoms with Crippen LogP contribution in [0.3, 0.4) is 0 Å². The third-order valence-corrected chi connectivity index (χ3v) is 3.80. The number of halogens is 2. The lowest BCUT2D eigenvalue weighted by atomic mass is 10.0. The monoisotopic (exact) mass is 299 g/mol. The first-order chi connectivity index (χ1) is 9.52. The maximum Gasteiger partial charge on any atom is 0.251 e. The number of nitrogens with zero attached hydrogens (tertiary/aromatic N) is 1. The molecule has 0 aromatic heterocycles. The van der Waals surface area contributed by atoms with Crippen LogP contribution < -0.4 is 11.1 Å². The number of oxime groups is 1. The van der Waals surface area contributed by atoms with Crippen LogP contribution in [0.15, 0.2) is 23.4 Å². The molecular weight excluding hydrogens is 285 g/mol. The van der Waals surface area contributed by atoms with Gasteiger partial charge < -0.3 is 16.3 Å². The summed E-state index contributed by atoms with van der Waals surface area (Å²) in [5.74, 6) is -0.988. The minimum atomic E-state index is -0.571. The van der Waals surface area contributed by atoms with Crippen LogP contribution in [0.25, 0.3) is 0 Å². The number of hydrogen-bond acceptors (Lipinski definition) is 3. The molecule has 1 fully saturated rings. The van der Waals surface area contributed by atoms with Gasteiger partial charge in [-0.15, -0.1) is 0 Å². The van der Waals surface area contributed by atoms with Gasteiger partial charge in [0.05, 0.1) is 5.02 Å². The molecule has 1 aromatic carbocycles. The number of carbonyl (C=O) groups excluding carboxylic acids is 1. The molecule has 20 heavy (non-hydrogen) atoms. The Kier molecular flexibility index (Phi) is 4.44. The fraction of sp³-hybridized carbons (Fsp3) is 0.385. The Balaban J connectivity index is 2.09. The lowest BCUT2D eigenvalue weighted by Gasteiger charge is -2.19. The summed E-state index contributed by atoms with van der Waals surface area (Å²) in [5.41, 5.74) is 5.88. The topological polar surface area (TPSA) is 87.7 Å². The highest BCUT2D eigenvalue weighted by Gasteiger charge is 2.32. The van der Waals surface area contributed by atoms with E-state index in [1.165, 1.54) is 12.1 Å². The zero-order valence-corrected chi connectivity index (χ0v) is 11.4. The maximum absolute atomic E-state index is 13.1. The van der Waals surface area contributed by atoms with E-state index in [1.54, 1.807) is 0 Å². The van der Waals surface area contributed by atoms with Crippen LogP contribution in [0.4, 0.5) is 4.39 Å². The number of hydrogen-bond donors (Lipinski definition) is 3. The molecule has 5 nitrogen and oxygen atoms in total. The van der Waals surface area contributed by atoms with Crippen LogP contribution in [-0.4, -0.2) is 23.0 Å². The second kappa shape index (κ2) is 6.09. The van der Waals surface area contributed by atoms with E-state index in [-0.39, 0.29) is 34.3 Å². The number of amides is 1. The van der Waals surface area contributed by atoms with E-state index in [9.17, 15) is 9.18 Å². The summed E-state index contributed by atoms with van der Waals surface area (Å²) in [6, 6.07) is 3.60. The first-order valence-electron chi connectivity index (χ1n) is 6.26. The van der Waals surface area contributed by atoms with E-state index in [0.29, 0.717) is 0 Å². The van der Waals surface area contributed by atoms with Gasteiger partial charge >= 0.3 is 0 Å². The number of benzene rings is 1. The van der Waals surface area contributed by atoms with E-state index in [0.717, 1.165) is 25.3 Å². The van der Waals surface area contributed by atoms with Crippen LogP contribution >= 0.6 is 11.6 Å². The fourth-order valence-corrected chi connectivity index (χ4v) is 2.63. The normalized spacial score (nSPS) is 22.8. The minimum absolute atomic E-state index is 0.0999. The summed E-state index contributed by atoms with van der Waals surface area (Å²) in [7, 11) is 0. The van der Waals surface area contributed by atoms with Crippen molar-refractivity contribution in [2.45, 2.75) is 25.3 Å². The number of rotatable bonds is 3. The molecule has 2 rings (SSSR count). The summed E-state index contributed by atoms with van der Waals surface area (Å²) in [5, 5.41) is 14.4. The van der Waals surface area contributed by atoms with Gasteiger partial charge in [0.25, 0.3) is 5.91 Å². The van der Waals surface area contributed by atoms with Crippen LogP contribution in [-0.2, 0) is 0 Å². The van der Waals surface area contributed by atoms with Crippen LogP contribution in [0.2, 0.25) is 5.02 Å². The van der Waals surface area contributed by atoms with Crippen LogP contribution in [0.5, 0.6) is 0 Å². The van der Waals surface area contributed by atoms with Crippen molar-refractivity contribution in [3.8, 4) is 0 Å². The zero-order valence-electron chi connectivity index (χ0n) is 10.6. The molecule has 0 radical (unpaired) electrons. The van der Waals surface area contributed by atoms with Gasteiger partial charge in [0.2, 0.25) is 0 Å². The predicted molar refractivity (Wildman–Crippen MR) is 73.4 cm³/mol. The largest absolute Gasteiger partial charge is 0.409 e. The van der Waals surface area contributed by atoms with E-state index in [4.69, 9.17) is 22.5 Å². The van der Waals surface area contributed by atoms with E-state index in [1.807, 2.05) is 0 Å². The maximum atomic E-state index is 13.1. The number of nitrogens with one attached hydrogen (secondary N) is 1. The molecule has 1 aliphatic rings. The Morgan fingerprint density at radius 2 is 2.25 bits per heavy atom. The third-order valence-electron chi connectivity index (χ3n) is 3.51. The molecule has 7 heteroatoms. The van der Waals surface area contributed by atoms with Crippen molar-refractivity contribution < 1.29 is 14.4 Å². The number of carbonyl (C=O) groups is 1. The van der Waals surface area contributed by atoms with Gasteiger partial charge in [0.15, 0.2) is 0 Å². The van der Waals surface area contributed by atoms with Crippen molar-refractivity contribution in [1.29, 1.82) is 0 Å². The summed E-state index contributed by atoms with van der Waals surface area (Å²) in [4.78, 5) is 12.1. The standard InChI is InChI=1S/C13H15ClFN3O2/c14-9-6-7(4-5-10(9)15)13(19)17-11-3-1-2-8(11)12(16)18-20/h4-6,8,11,20H,1-3H2,(H2,16,18)(H,17,19). The van der Waals surface area contributed by atoms with Gasteiger partial charge in [0, 0.05) is 17.5 Å². The van der Waals surface area contributed by atoms with Crippen molar-refractivity contribution in [2.75, 3.05) is 0 Å². The molecule has 2 atom stereocenters. The molecule has 2 unspecified atom stereocenters. The molecule has 1 aromatic rings. The van der Waals surface area contributed by atoms with E-state index < -0.39 is 5.82 Å². The molecule has 1 saturated carbocycles. The predicted octanol–water partition coefficient (Wildman–Crippen LogP) is 2.12. The van der Waals surface area contributed by atoms with Gasteiger partial charge in [-0.2, -0.15) is 0 Å². The molecule has 0 spiro atoms. The third kappa shape index (κ3) is 3.01. The first-order valence-corrected chi connectivity index (χ1v) is 6.64. The Hall–Kier alpha value is -1.82. The lowest BCUT2D eigenvalue weighted by Crippen LogP contribution is -2.42. The second-order valence-corrected chi connectivity index (χ2v) is 5.18. The molecule has 0 saturated heterocycles. The molecule has 1 amide bonds. The fourth-order valence-electron chi connectivity index (χ4n) is 2.45. The summed E-state index contributed by atoms with van der Waals surface area (Å²) in [6.07, 6.45) is 2.39. The number of amidine groups is 1. The molecule has 4 N–H and O–H groups in total. The first kappa shape index (κ1) is 14.6. The highest BCUT2D eigenvalue weighted by molar-refractivity contribution is 6.31. The Labute approximate surface area is 120 Å². The average molecular weight is 300 g/mol. The summed E-state index contributed by atoms with van der Waals surface area (Å²) < 4.78 is 13.1. The molecule has 1 aliphatic carbocycles. The summed E-state index contributed by atoms with van der Waals surface area (Å²) in [6.45, 7) is 0. The number of nitrogens with two attached hydrogens (primary N) is 1. The van der Waals surface area contributed by atoms with Crippen molar-refractivity contribution in [3.05, 3.63) is 34.6 Å². The molecule has 0 bridgehead atoms. The van der Waals surface area contributed by atoms with Crippen molar-refractivity contribution in [1.82, 2.24) is 5.32 Å².